The van der Waals surface area contributed by atoms with Crippen molar-refractivity contribution in [3.63, 3.8) is 0 Å². The Morgan fingerprint density at radius 2 is 2.00 bits per heavy atom. The second kappa shape index (κ2) is 6.68. The van der Waals surface area contributed by atoms with E-state index in [1.807, 2.05) is 6.92 Å². The van der Waals surface area contributed by atoms with Crippen LogP contribution >= 0.6 is 15.9 Å². The Morgan fingerprint density at radius 1 is 1.24 bits per heavy atom. The molecule has 0 fully saturated rings. The number of rotatable bonds is 3. The zero-order valence-corrected chi connectivity index (χ0v) is 16.1. The Hall–Kier alpha value is -2.06. The number of halogens is 1. The third-order valence-electron chi connectivity index (χ3n) is 3.90. The first-order valence-corrected chi connectivity index (χ1v) is 9.89. The number of nitrogens with zero attached hydrogens (tertiary/aromatic N) is 1. The summed E-state index contributed by atoms with van der Waals surface area (Å²) in [6.07, 6.45) is 0. The zero-order valence-electron chi connectivity index (χ0n) is 13.7. The van der Waals surface area contributed by atoms with E-state index >= 15 is 0 Å². The molecule has 1 aliphatic heterocycles. The van der Waals surface area contributed by atoms with Crippen LogP contribution in [0.2, 0.25) is 0 Å². The number of hydrogen-bond acceptors (Lipinski definition) is 4. The summed E-state index contributed by atoms with van der Waals surface area (Å²) in [6, 6.07) is 9.72. The molecular weight excluding hydrogens is 408 g/mol. The van der Waals surface area contributed by atoms with E-state index in [9.17, 15) is 13.2 Å². The summed E-state index contributed by atoms with van der Waals surface area (Å²) in [4.78, 5) is 13.3. The first-order valence-electron chi connectivity index (χ1n) is 7.62. The number of hydrogen-bond donors (Lipinski definition) is 1. The van der Waals surface area contributed by atoms with Crippen molar-refractivity contribution in [2.45, 2.75) is 18.7 Å². The summed E-state index contributed by atoms with van der Waals surface area (Å²) >= 11 is 3.39. The lowest BCUT2D eigenvalue weighted by molar-refractivity contribution is -0.116. The Labute approximate surface area is 155 Å². The molecule has 0 saturated heterocycles. The van der Waals surface area contributed by atoms with Crippen LogP contribution in [-0.2, 0) is 14.8 Å². The van der Waals surface area contributed by atoms with Gasteiger partial charge in [-0.05, 0) is 42.8 Å². The number of nitrogens with one attached hydrogen (secondary N) is 1. The molecule has 1 N–H and O–H groups in total. The maximum atomic E-state index is 12.6. The fourth-order valence-electron chi connectivity index (χ4n) is 2.62. The lowest BCUT2D eigenvalue weighted by Crippen LogP contribution is -2.36. The monoisotopic (exact) mass is 424 g/mol. The predicted molar refractivity (Wildman–Crippen MR) is 99.7 cm³/mol. The predicted octanol–water partition coefficient (Wildman–Crippen LogP) is 3.30. The fraction of sp³-hybridized carbons (Fsp3) is 0.235. The molecule has 1 amide bonds. The summed E-state index contributed by atoms with van der Waals surface area (Å²) in [7, 11) is -3.76. The number of amides is 1. The number of carbonyl (C=O) groups is 1. The molecule has 132 valence electrons. The van der Waals surface area contributed by atoms with Crippen LogP contribution in [0.4, 0.5) is 11.4 Å². The topological polar surface area (TPSA) is 75.7 Å². The number of sulfonamides is 1. The standard InChI is InChI=1S/C17H17BrN2O4S/c1-11-9-13(3-5-15(11)18)19-25(22,23)14-4-6-16-17(10-14)24-8-7-20(16)12(2)21/h3-6,9-10,19H,7-8H2,1-2H3. The Kier molecular flexibility index (Phi) is 4.75. The van der Waals surface area contributed by atoms with Gasteiger partial charge >= 0.3 is 0 Å². The fourth-order valence-corrected chi connectivity index (χ4v) is 3.93. The number of anilines is 2. The van der Waals surface area contributed by atoms with Gasteiger partial charge in [0.25, 0.3) is 10.0 Å². The maximum absolute atomic E-state index is 12.6. The van der Waals surface area contributed by atoms with Gasteiger partial charge in [-0.15, -0.1) is 0 Å². The van der Waals surface area contributed by atoms with Gasteiger partial charge in [0.1, 0.15) is 12.4 Å². The Balaban J connectivity index is 1.92. The van der Waals surface area contributed by atoms with Crippen LogP contribution in [0.5, 0.6) is 5.75 Å². The van der Waals surface area contributed by atoms with Gasteiger partial charge in [0.05, 0.1) is 17.1 Å². The van der Waals surface area contributed by atoms with Crippen molar-refractivity contribution < 1.29 is 17.9 Å². The molecule has 8 heteroatoms. The van der Waals surface area contributed by atoms with E-state index in [2.05, 4.69) is 20.7 Å². The van der Waals surface area contributed by atoms with Crippen molar-refractivity contribution in [2.24, 2.45) is 0 Å². The first kappa shape index (κ1) is 17.8. The number of carbonyl (C=O) groups excluding carboxylic acids is 1. The molecule has 2 aromatic rings. The van der Waals surface area contributed by atoms with Crippen molar-refractivity contribution in [2.75, 3.05) is 22.8 Å². The number of fused-ring (bicyclic) bond motifs is 1. The van der Waals surface area contributed by atoms with Crippen molar-refractivity contribution in [1.82, 2.24) is 0 Å². The van der Waals surface area contributed by atoms with Crippen LogP contribution in [0.3, 0.4) is 0 Å². The first-order chi connectivity index (χ1) is 11.8. The molecule has 3 rings (SSSR count). The third kappa shape index (κ3) is 3.64. The Morgan fingerprint density at radius 3 is 2.68 bits per heavy atom. The molecule has 0 aromatic heterocycles. The zero-order chi connectivity index (χ0) is 18.2. The average Bonchev–Trinajstić information content (AvgIpc) is 2.56. The van der Waals surface area contributed by atoms with Crippen molar-refractivity contribution in [3.8, 4) is 5.75 Å². The molecular formula is C17H17BrN2O4S. The van der Waals surface area contributed by atoms with Crippen molar-refractivity contribution in [1.29, 1.82) is 0 Å². The van der Waals surface area contributed by atoms with E-state index in [0.29, 0.717) is 30.3 Å². The number of benzene rings is 2. The van der Waals surface area contributed by atoms with Gasteiger partial charge in [-0.25, -0.2) is 8.42 Å². The van der Waals surface area contributed by atoms with Crippen molar-refractivity contribution in [3.05, 3.63) is 46.4 Å². The summed E-state index contributed by atoms with van der Waals surface area (Å²) in [6.45, 7) is 4.13. The van der Waals surface area contributed by atoms with E-state index in [1.54, 1.807) is 29.2 Å². The molecule has 0 spiro atoms. The highest BCUT2D eigenvalue weighted by Crippen LogP contribution is 2.34. The van der Waals surface area contributed by atoms with Gasteiger partial charge in [-0.1, -0.05) is 15.9 Å². The highest BCUT2D eigenvalue weighted by atomic mass is 79.9. The highest BCUT2D eigenvalue weighted by Gasteiger charge is 2.24. The minimum atomic E-state index is -3.76. The summed E-state index contributed by atoms with van der Waals surface area (Å²) in [5.41, 5.74) is 1.98. The summed E-state index contributed by atoms with van der Waals surface area (Å²) in [5, 5.41) is 0. The van der Waals surface area contributed by atoms with E-state index in [-0.39, 0.29) is 10.8 Å². The lowest BCUT2D eigenvalue weighted by atomic mass is 10.2. The van der Waals surface area contributed by atoms with Gasteiger partial charge in [-0.2, -0.15) is 0 Å². The van der Waals surface area contributed by atoms with Gasteiger partial charge in [0.2, 0.25) is 5.91 Å². The molecule has 0 aliphatic carbocycles. The second-order valence-electron chi connectivity index (χ2n) is 5.72. The molecule has 25 heavy (non-hydrogen) atoms. The summed E-state index contributed by atoms with van der Waals surface area (Å²) in [5.74, 6) is 0.278. The molecule has 0 atom stereocenters. The molecule has 2 aromatic carbocycles. The van der Waals surface area contributed by atoms with E-state index in [4.69, 9.17) is 4.74 Å². The van der Waals surface area contributed by atoms with Crippen LogP contribution in [-0.4, -0.2) is 27.5 Å². The molecule has 1 heterocycles. The van der Waals surface area contributed by atoms with Gasteiger partial charge in [0.15, 0.2) is 0 Å². The Bertz CT molecular complexity index is 944. The second-order valence-corrected chi connectivity index (χ2v) is 8.25. The molecule has 1 aliphatic rings. The molecule has 6 nitrogen and oxygen atoms in total. The third-order valence-corrected chi connectivity index (χ3v) is 6.16. The van der Waals surface area contributed by atoms with Crippen LogP contribution in [0.1, 0.15) is 12.5 Å². The molecule has 0 radical (unpaired) electrons. The SMILES string of the molecule is CC(=O)N1CCOc2cc(S(=O)(=O)Nc3ccc(Br)c(C)c3)ccc21. The van der Waals surface area contributed by atoms with Gasteiger partial charge in [-0.3, -0.25) is 9.52 Å². The summed E-state index contributed by atoms with van der Waals surface area (Å²) < 4.78 is 34.3. The number of aryl methyl sites for hydroxylation is 1. The van der Waals surface area contributed by atoms with Gasteiger partial charge < -0.3 is 9.64 Å². The normalized spacial score (nSPS) is 13.8. The minimum Gasteiger partial charge on any atom is -0.489 e. The van der Waals surface area contributed by atoms with E-state index in [1.165, 1.54) is 19.1 Å². The van der Waals surface area contributed by atoms with E-state index < -0.39 is 10.0 Å². The van der Waals surface area contributed by atoms with E-state index in [0.717, 1.165) is 10.0 Å². The van der Waals surface area contributed by atoms with Crippen LogP contribution < -0.4 is 14.4 Å². The maximum Gasteiger partial charge on any atom is 0.262 e. The van der Waals surface area contributed by atoms with Crippen LogP contribution in [0.25, 0.3) is 0 Å². The van der Waals surface area contributed by atoms with Gasteiger partial charge in [0, 0.05) is 23.2 Å². The molecule has 0 saturated carbocycles. The van der Waals surface area contributed by atoms with Crippen molar-refractivity contribution >= 4 is 43.2 Å². The molecule has 0 unspecified atom stereocenters. The lowest BCUT2D eigenvalue weighted by Gasteiger charge is -2.28. The molecule has 0 bridgehead atoms. The van der Waals surface area contributed by atoms with Crippen LogP contribution in [0, 0.1) is 6.92 Å². The van der Waals surface area contributed by atoms with Crippen LogP contribution in [0.15, 0.2) is 45.8 Å². The number of ether oxygens (including phenoxy) is 1. The highest BCUT2D eigenvalue weighted by molar-refractivity contribution is 9.10. The smallest absolute Gasteiger partial charge is 0.262 e. The quantitative estimate of drug-likeness (QED) is 0.819. The average molecular weight is 425 g/mol. The largest absolute Gasteiger partial charge is 0.489 e. The minimum absolute atomic E-state index is 0.0808.